The summed E-state index contributed by atoms with van der Waals surface area (Å²) in [5.74, 6) is -0.0395. The number of carbonyl (C=O) groups is 1. The number of amides is 1. The number of hydrogen-bond donors (Lipinski definition) is 0. The van der Waals surface area contributed by atoms with Crippen molar-refractivity contribution < 1.29 is 14.5 Å². The maximum absolute atomic E-state index is 12.8. The van der Waals surface area contributed by atoms with Crippen LogP contribution in [0.1, 0.15) is 31.4 Å². The van der Waals surface area contributed by atoms with Gasteiger partial charge in [0.05, 0.1) is 23.2 Å². The lowest BCUT2D eigenvalue weighted by atomic mass is 10.1. The van der Waals surface area contributed by atoms with E-state index in [-0.39, 0.29) is 36.1 Å². The topological polar surface area (TPSA) is 96.5 Å². The molecule has 0 saturated heterocycles. The van der Waals surface area contributed by atoms with Crippen LogP contribution in [-0.2, 0) is 16.1 Å². The van der Waals surface area contributed by atoms with Gasteiger partial charge in [-0.05, 0) is 30.0 Å². The molecule has 0 aliphatic rings. The van der Waals surface area contributed by atoms with Gasteiger partial charge in [0.1, 0.15) is 12.3 Å². The van der Waals surface area contributed by atoms with Gasteiger partial charge in [-0.1, -0.05) is 44.2 Å². The Morgan fingerprint density at radius 3 is 2.57 bits per heavy atom. The summed E-state index contributed by atoms with van der Waals surface area (Å²) in [5.41, 5.74) is 1.03. The molecule has 0 atom stereocenters. The number of rotatable bonds is 9. The first-order chi connectivity index (χ1) is 13.4. The molecule has 0 bridgehead atoms. The number of carbonyl (C=O) groups excluding carboxylic acids is 1. The second-order valence-corrected chi connectivity index (χ2v) is 6.78. The Morgan fingerprint density at radius 1 is 1.25 bits per heavy atom. The minimum absolute atomic E-state index is 0.173. The zero-order chi connectivity index (χ0) is 20.5. The van der Waals surface area contributed by atoms with Gasteiger partial charge in [-0.15, -0.1) is 0 Å². The maximum Gasteiger partial charge on any atom is 0.294 e. The molecule has 0 aliphatic heterocycles. The molecule has 0 aliphatic carbocycles. The van der Waals surface area contributed by atoms with Crippen molar-refractivity contribution in [2.24, 2.45) is 5.92 Å². The van der Waals surface area contributed by atoms with Crippen molar-refractivity contribution in [2.75, 3.05) is 18.1 Å². The predicted molar refractivity (Wildman–Crippen MR) is 106 cm³/mol. The number of nitrogens with zero attached hydrogens (tertiary/aromatic N) is 3. The number of ether oxygens (including phenoxy) is 1. The standard InChI is InChI=1S/C21H23N3O4/c1-16(2)10-11-23(19-9-8-18(13-22)12-20(19)24(26)27)21(25)15-28-14-17-6-4-3-5-7-17/h3-9,12,16H,10-11,14-15H2,1-2H3. The highest BCUT2D eigenvalue weighted by Crippen LogP contribution is 2.30. The Balaban J connectivity index is 2.20. The zero-order valence-electron chi connectivity index (χ0n) is 16.0. The van der Waals surface area contributed by atoms with E-state index in [2.05, 4.69) is 0 Å². The molecule has 7 heteroatoms. The van der Waals surface area contributed by atoms with Crippen LogP contribution in [-0.4, -0.2) is 24.0 Å². The van der Waals surface area contributed by atoms with Crippen LogP contribution in [0.4, 0.5) is 11.4 Å². The quantitative estimate of drug-likeness (QED) is 0.482. The molecule has 0 spiro atoms. The molecule has 7 nitrogen and oxygen atoms in total. The minimum atomic E-state index is -0.573. The second kappa shape index (κ2) is 10.2. The molecule has 0 N–H and O–H groups in total. The van der Waals surface area contributed by atoms with Crippen molar-refractivity contribution in [3.63, 3.8) is 0 Å². The van der Waals surface area contributed by atoms with Gasteiger partial charge in [0, 0.05) is 12.6 Å². The molecule has 0 saturated carbocycles. The molecule has 2 aromatic carbocycles. The molecule has 1 amide bonds. The fraction of sp³-hybridized carbons (Fsp3) is 0.333. The molecule has 2 rings (SSSR count). The molecule has 0 heterocycles. The first-order valence-electron chi connectivity index (χ1n) is 9.03. The van der Waals surface area contributed by atoms with Crippen molar-refractivity contribution >= 4 is 17.3 Å². The summed E-state index contributed by atoms with van der Waals surface area (Å²) in [5, 5.41) is 20.5. The van der Waals surface area contributed by atoms with E-state index in [1.807, 2.05) is 50.2 Å². The molecular weight excluding hydrogens is 358 g/mol. The Morgan fingerprint density at radius 2 is 1.96 bits per heavy atom. The van der Waals surface area contributed by atoms with E-state index in [0.717, 1.165) is 5.56 Å². The van der Waals surface area contributed by atoms with Gasteiger partial charge in [0.25, 0.3) is 11.6 Å². The lowest BCUT2D eigenvalue weighted by molar-refractivity contribution is -0.384. The molecule has 0 fully saturated rings. The van der Waals surface area contributed by atoms with Gasteiger partial charge in [0.2, 0.25) is 0 Å². The number of hydrogen-bond acceptors (Lipinski definition) is 5. The SMILES string of the molecule is CC(C)CCN(C(=O)COCc1ccccc1)c1ccc(C#N)cc1[N+](=O)[O-]. The van der Waals surface area contributed by atoms with Crippen molar-refractivity contribution in [3.05, 3.63) is 69.8 Å². The van der Waals surface area contributed by atoms with Crippen LogP contribution >= 0.6 is 0 Å². The van der Waals surface area contributed by atoms with Crippen LogP contribution in [0, 0.1) is 27.4 Å². The van der Waals surface area contributed by atoms with Crippen molar-refractivity contribution in [1.82, 2.24) is 0 Å². The van der Waals surface area contributed by atoms with Gasteiger partial charge in [0.15, 0.2) is 0 Å². The monoisotopic (exact) mass is 381 g/mol. The molecule has 0 unspecified atom stereocenters. The normalized spacial score (nSPS) is 10.5. The summed E-state index contributed by atoms with van der Waals surface area (Å²) >= 11 is 0. The lowest BCUT2D eigenvalue weighted by Gasteiger charge is -2.23. The fourth-order valence-electron chi connectivity index (χ4n) is 2.64. The average Bonchev–Trinajstić information content (AvgIpc) is 2.68. The third-order valence-electron chi connectivity index (χ3n) is 4.16. The summed E-state index contributed by atoms with van der Waals surface area (Å²) in [6.07, 6.45) is 0.682. The van der Waals surface area contributed by atoms with E-state index >= 15 is 0 Å². The van der Waals surface area contributed by atoms with E-state index in [9.17, 15) is 14.9 Å². The number of nitro benzene ring substituents is 1. The average molecular weight is 381 g/mol. The van der Waals surface area contributed by atoms with Crippen LogP contribution in [0.3, 0.4) is 0 Å². The summed E-state index contributed by atoms with van der Waals surface area (Å²) < 4.78 is 5.52. The van der Waals surface area contributed by atoms with Gasteiger partial charge >= 0.3 is 0 Å². The second-order valence-electron chi connectivity index (χ2n) is 6.78. The van der Waals surface area contributed by atoms with Gasteiger partial charge in [-0.3, -0.25) is 14.9 Å². The lowest BCUT2D eigenvalue weighted by Crippen LogP contribution is -2.36. The van der Waals surface area contributed by atoms with E-state index in [1.165, 1.54) is 23.1 Å². The van der Waals surface area contributed by atoms with Crippen molar-refractivity contribution in [1.29, 1.82) is 5.26 Å². The first-order valence-corrected chi connectivity index (χ1v) is 9.03. The van der Waals surface area contributed by atoms with Crippen LogP contribution in [0.5, 0.6) is 0 Å². The predicted octanol–water partition coefficient (Wildman–Crippen LogP) is 4.06. The molecule has 2 aromatic rings. The highest BCUT2D eigenvalue weighted by atomic mass is 16.6. The maximum atomic E-state index is 12.8. The summed E-state index contributed by atoms with van der Waals surface area (Å²) in [6.45, 7) is 4.45. The number of nitriles is 1. The van der Waals surface area contributed by atoms with Crippen LogP contribution in [0.25, 0.3) is 0 Å². The van der Waals surface area contributed by atoms with Crippen molar-refractivity contribution in [2.45, 2.75) is 26.9 Å². The van der Waals surface area contributed by atoms with Crippen LogP contribution in [0.2, 0.25) is 0 Å². The molecule has 0 aromatic heterocycles. The molecule has 0 radical (unpaired) electrons. The summed E-state index contributed by atoms with van der Waals surface area (Å²) in [6, 6.07) is 15.5. The Labute approximate surface area is 164 Å². The minimum Gasteiger partial charge on any atom is -0.367 e. The molecule has 28 heavy (non-hydrogen) atoms. The van der Waals surface area contributed by atoms with Gasteiger partial charge < -0.3 is 9.64 Å². The van der Waals surface area contributed by atoms with E-state index in [0.29, 0.717) is 18.9 Å². The molecule has 146 valence electrons. The van der Waals surface area contributed by atoms with E-state index < -0.39 is 4.92 Å². The van der Waals surface area contributed by atoms with Crippen LogP contribution in [0.15, 0.2) is 48.5 Å². The Bertz CT molecular complexity index is 860. The van der Waals surface area contributed by atoms with Crippen LogP contribution < -0.4 is 4.90 Å². The number of nitro groups is 1. The highest BCUT2D eigenvalue weighted by molar-refractivity contribution is 5.96. The zero-order valence-corrected chi connectivity index (χ0v) is 16.0. The molecular formula is C21H23N3O4. The van der Waals surface area contributed by atoms with Gasteiger partial charge in [-0.2, -0.15) is 5.26 Å². The van der Waals surface area contributed by atoms with E-state index in [4.69, 9.17) is 10.00 Å². The number of benzene rings is 2. The Kier molecular flexibility index (Phi) is 7.66. The van der Waals surface area contributed by atoms with Crippen molar-refractivity contribution in [3.8, 4) is 6.07 Å². The summed E-state index contributed by atoms with van der Waals surface area (Å²) in [7, 11) is 0. The van der Waals surface area contributed by atoms with Gasteiger partial charge in [-0.25, -0.2) is 0 Å². The third kappa shape index (κ3) is 5.89. The first kappa shape index (κ1) is 21.1. The summed E-state index contributed by atoms with van der Waals surface area (Å²) in [4.78, 5) is 25.1. The van der Waals surface area contributed by atoms with E-state index in [1.54, 1.807) is 0 Å². The number of anilines is 1. The fourth-order valence-corrected chi connectivity index (χ4v) is 2.64. The Hall–Kier alpha value is -3.24. The smallest absolute Gasteiger partial charge is 0.294 e. The third-order valence-corrected chi connectivity index (χ3v) is 4.16. The largest absolute Gasteiger partial charge is 0.367 e. The highest BCUT2D eigenvalue weighted by Gasteiger charge is 2.25.